The van der Waals surface area contributed by atoms with Crippen LogP contribution in [0.15, 0.2) is 24.3 Å². The third-order valence-corrected chi connectivity index (χ3v) is 3.94. The number of carbonyl (C=O) groups excluding carboxylic acids is 1. The minimum atomic E-state index is -0.0948. The predicted molar refractivity (Wildman–Crippen MR) is 86.3 cm³/mol. The van der Waals surface area contributed by atoms with Crippen LogP contribution in [0.1, 0.15) is 16.1 Å². The lowest BCUT2D eigenvalue weighted by Crippen LogP contribution is -2.18. The van der Waals surface area contributed by atoms with Gasteiger partial charge in [0.05, 0.1) is 41.3 Å². The third-order valence-electron chi connectivity index (χ3n) is 3.45. The van der Waals surface area contributed by atoms with Crippen LogP contribution in [0.3, 0.4) is 0 Å². The second kappa shape index (κ2) is 5.66. The Morgan fingerprint density at radius 2 is 2.09 bits per heavy atom. The SMILES string of the molecule is COc1c(Cl)cccc1Nc1cc(Cl)nc2c1C(=O)N(C)C2. The van der Waals surface area contributed by atoms with Gasteiger partial charge in [0.2, 0.25) is 0 Å². The van der Waals surface area contributed by atoms with Crippen LogP contribution in [-0.4, -0.2) is 29.9 Å². The van der Waals surface area contributed by atoms with E-state index in [2.05, 4.69) is 10.3 Å². The van der Waals surface area contributed by atoms with E-state index in [1.54, 1.807) is 30.1 Å². The van der Waals surface area contributed by atoms with E-state index in [1.807, 2.05) is 6.07 Å². The molecule has 0 unspecified atom stereocenters. The average Bonchev–Trinajstić information content (AvgIpc) is 2.74. The minimum absolute atomic E-state index is 0.0948. The number of anilines is 2. The molecule has 5 nitrogen and oxygen atoms in total. The van der Waals surface area contributed by atoms with Crippen molar-refractivity contribution in [3.05, 3.63) is 45.7 Å². The molecule has 1 N–H and O–H groups in total. The first kappa shape index (κ1) is 14.9. The second-order valence-corrected chi connectivity index (χ2v) is 5.72. The summed E-state index contributed by atoms with van der Waals surface area (Å²) in [5.41, 5.74) is 2.42. The smallest absolute Gasteiger partial charge is 0.257 e. The van der Waals surface area contributed by atoms with E-state index in [0.717, 1.165) is 0 Å². The van der Waals surface area contributed by atoms with Gasteiger partial charge >= 0.3 is 0 Å². The van der Waals surface area contributed by atoms with E-state index in [4.69, 9.17) is 27.9 Å². The first-order chi connectivity index (χ1) is 10.5. The minimum Gasteiger partial charge on any atom is -0.493 e. The largest absolute Gasteiger partial charge is 0.493 e. The Kier molecular flexibility index (Phi) is 3.85. The van der Waals surface area contributed by atoms with E-state index in [-0.39, 0.29) is 5.91 Å². The molecule has 1 aromatic heterocycles. The topological polar surface area (TPSA) is 54.5 Å². The molecule has 1 aliphatic rings. The van der Waals surface area contributed by atoms with Gasteiger partial charge in [0.1, 0.15) is 5.15 Å². The van der Waals surface area contributed by atoms with Crippen LogP contribution < -0.4 is 10.1 Å². The molecule has 22 heavy (non-hydrogen) atoms. The Labute approximate surface area is 137 Å². The molecule has 0 bridgehead atoms. The van der Waals surface area contributed by atoms with Gasteiger partial charge in [-0.05, 0) is 18.2 Å². The second-order valence-electron chi connectivity index (χ2n) is 4.92. The maximum absolute atomic E-state index is 12.3. The molecule has 1 amide bonds. The Balaban J connectivity index is 2.08. The Bertz CT molecular complexity index is 765. The van der Waals surface area contributed by atoms with Crippen LogP contribution in [-0.2, 0) is 6.54 Å². The Morgan fingerprint density at radius 1 is 1.32 bits per heavy atom. The molecule has 1 aromatic carbocycles. The molecule has 0 aliphatic carbocycles. The molecule has 0 spiro atoms. The molecule has 3 rings (SSSR count). The monoisotopic (exact) mass is 337 g/mol. The molecule has 0 saturated heterocycles. The lowest BCUT2D eigenvalue weighted by molar-refractivity contribution is 0.0817. The number of halogens is 2. The number of carbonyl (C=O) groups is 1. The lowest BCUT2D eigenvalue weighted by Gasteiger charge is -2.14. The van der Waals surface area contributed by atoms with Crippen molar-refractivity contribution >= 4 is 40.5 Å². The van der Waals surface area contributed by atoms with Crippen LogP contribution in [0.5, 0.6) is 5.75 Å². The highest BCUT2D eigenvalue weighted by atomic mass is 35.5. The van der Waals surface area contributed by atoms with Gasteiger partial charge in [-0.25, -0.2) is 4.98 Å². The number of amides is 1. The van der Waals surface area contributed by atoms with Crippen molar-refractivity contribution in [1.82, 2.24) is 9.88 Å². The number of nitrogens with zero attached hydrogens (tertiary/aromatic N) is 2. The summed E-state index contributed by atoms with van der Waals surface area (Å²) in [5, 5.41) is 3.98. The van der Waals surface area contributed by atoms with Crippen LogP contribution >= 0.6 is 23.2 Å². The van der Waals surface area contributed by atoms with Crippen LogP contribution in [0.4, 0.5) is 11.4 Å². The molecule has 0 radical (unpaired) electrons. The standard InChI is InChI=1S/C15H13Cl2N3O2/c1-20-7-11-13(15(20)21)10(6-12(17)19-11)18-9-5-3-4-8(16)14(9)22-2/h3-6H,7H2,1-2H3,(H,18,19). The fourth-order valence-corrected chi connectivity index (χ4v) is 2.93. The van der Waals surface area contributed by atoms with E-state index in [1.165, 1.54) is 7.11 Å². The van der Waals surface area contributed by atoms with Crippen molar-refractivity contribution in [1.29, 1.82) is 0 Å². The number of hydrogen-bond acceptors (Lipinski definition) is 4. The summed E-state index contributed by atoms with van der Waals surface area (Å²) in [4.78, 5) is 18.1. The predicted octanol–water partition coefficient (Wildman–Crippen LogP) is 3.73. The number of benzene rings is 1. The normalized spacial score (nSPS) is 13.3. The molecule has 2 heterocycles. The number of methoxy groups -OCH3 is 1. The highest BCUT2D eigenvalue weighted by Gasteiger charge is 2.29. The highest BCUT2D eigenvalue weighted by molar-refractivity contribution is 6.32. The number of pyridine rings is 1. The maximum Gasteiger partial charge on any atom is 0.257 e. The first-order valence-electron chi connectivity index (χ1n) is 6.55. The quantitative estimate of drug-likeness (QED) is 0.867. The first-order valence-corrected chi connectivity index (χ1v) is 7.31. The fraction of sp³-hybridized carbons (Fsp3) is 0.200. The zero-order chi connectivity index (χ0) is 15.9. The number of fused-ring (bicyclic) bond motifs is 1. The molecule has 114 valence electrons. The van der Waals surface area contributed by atoms with Crippen molar-refractivity contribution in [3.63, 3.8) is 0 Å². The number of hydrogen-bond donors (Lipinski definition) is 1. The third kappa shape index (κ3) is 2.46. The molecule has 0 atom stereocenters. The number of para-hydroxylation sites is 1. The van der Waals surface area contributed by atoms with Crippen molar-refractivity contribution in [2.75, 3.05) is 19.5 Å². The number of ether oxygens (including phenoxy) is 1. The van der Waals surface area contributed by atoms with Gasteiger partial charge in [0.15, 0.2) is 5.75 Å². The molecule has 2 aromatic rings. The summed E-state index contributed by atoms with van der Waals surface area (Å²) in [6, 6.07) is 6.96. The van der Waals surface area contributed by atoms with Gasteiger partial charge in [0.25, 0.3) is 5.91 Å². The molecular formula is C15H13Cl2N3O2. The number of nitrogens with one attached hydrogen (secondary N) is 1. The Morgan fingerprint density at radius 3 is 2.82 bits per heavy atom. The number of aromatic nitrogens is 1. The molecular weight excluding hydrogens is 325 g/mol. The van der Waals surface area contributed by atoms with E-state index in [9.17, 15) is 4.79 Å². The molecule has 0 saturated carbocycles. The van der Waals surface area contributed by atoms with E-state index >= 15 is 0 Å². The van der Waals surface area contributed by atoms with Crippen molar-refractivity contribution in [3.8, 4) is 5.75 Å². The fourth-order valence-electron chi connectivity index (χ4n) is 2.46. The lowest BCUT2D eigenvalue weighted by atomic mass is 10.1. The zero-order valence-corrected chi connectivity index (χ0v) is 13.5. The summed E-state index contributed by atoms with van der Waals surface area (Å²) in [7, 11) is 3.26. The van der Waals surface area contributed by atoms with Crippen LogP contribution in [0, 0.1) is 0 Å². The summed E-state index contributed by atoms with van der Waals surface area (Å²) in [5.74, 6) is 0.410. The van der Waals surface area contributed by atoms with Crippen molar-refractivity contribution < 1.29 is 9.53 Å². The van der Waals surface area contributed by atoms with Crippen LogP contribution in [0.2, 0.25) is 10.2 Å². The van der Waals surface area contributed by atoms with Crippen molar-refractivity contribution in [2.45, 2.75) is 6.54 Å². The summed E-state index contributed by atoms with van der Waals surface area (Å²) < 4.78 is 5.31. The van der Waals surface area contributed by atoms with Gasteiger partial charge in [-0.3, -0.25) is 4.79 Å². The van der Waals surface area contributed by atoms with Gasteiger partial charge in [-0.1, -0.05) is 29.3 Å². The van der Waals surface area contributed by atoms with Crippen molar-refractivity contribution in [2.24, 2.45) is 0 Å². The maximum atomic E-state index is 12.3. The highest BCUT2D eigenvalue weighted by Crippen LogP contribution is 2.37. The summed E-state index contributed by atoms with van der Waals surface area (Å²) in [6.45, 7) is 0.441. The van der Waals surface area contributed by atoms with Gasteiger partial charge < -0.3 is 15.0 Å². The molecule has 7 heteroatoms. The van der Waals surface area contributed by atoms with E-state index < -0.39 is 0 Å². The summed E-state index contributed by atoms with van der Waals surface area (Å²) >= 11 is 12.2. The summed E-state index contributed by atoms with van der Waals surface area (Å²) in [6.07, 6.45) is 0. The molecule has 1 aliphatic heterocycles. The Hall–Kier alpha value is -1.98. The number of rotatable bonds is 3. The van der Waals surface area contributed by atoms with Gasteiger partial charge in [0, 0.05) is 7.05 Å². The average molecular weight is 338 g/mol. The van der Waals surface area contributed by atoms with Gasteiger partial charge in [-0.15, -0.1) is 0 Å². The zero-order valence-electron chi connectivity index (χ0n) is 12.0. The van der Waals surface area contributed by atoms with Gasteiger partial charge in [-0.2, -0.15) is 0 Å². The molecule has 0 fully saturated rings. The van der Waals surface area contributed by atoms with E-state index in [0.29, 0.717) is 45.1 Å². The van der Waals surface area contributed by atoms with Crippen LogP contribution in [0.25, 0.3) is 0 Å².